The van der Waals surface area contributed by atoms with Crippen molar-refractivity contribution in [2.75, 3.05) is 0 Å². The van der Waals surface area contributed by atoms with Crippen LogP contribution in [0.25, 0.3) is 5.57 Å². The Hall–Kier alpha value is -1.30. The van der Waals surface area contributed by atoms with Gasteiger partial charge in [0.2, 0.25) is 0 Å². The van der Waals surface area contributed by atoms with Crippen molar-refractivity contribution in [1.29, 1.82) is 0 Å². The Balaban J connectivity index is 0.000000280. The summed E-state index contributed by atoms with van der Waals surface area (Å²) < 4.78 is 0. The SMILES string of the molecule is CC1=CC=C(c2ccccc2)C1.CCCC. The van der Waals surface area contributed by atoms with Gasteiger partial charge in [0, 0.05) is 0 Å². The summed E-state index contributed by atoms with van der Waals surface area (Å²) in [6, 6.07) is 10.6. The van der Waals surface area contributed by atoms with E-state index >= 15 is 0 Å². The van der Waals surface area contributed by atoms with Gasteiger partial charge in [-0.25, -0.2) is 0 Å². The monoisotopic (exact) mass is 214 g/mol. The van der Waals surface area contributed by atoms with Gasteiger partial charge in [-0.05, 0) is 24.5 Å². The second-order valence-corrected chi connectivity index (χ2v) is 4.25. The highest BCUT2D eigenvalue weighted by molar-refractivity contribution is 5.71. The Morgan fingerprint density at radius 2 is 1.56 bits per heavy atom. The number of benzene rings is 1. The van der Waals surface area contributed by atoms with Crippen LogP contribution in [0.3, 0.4) is 0 Å². The molecule has 0 saturated carbocycles. The molecule has 0 spiro atoms. The van der Waals surface area contributed by atoms with Crippen LogP contribution in [0, 0.1) is 0 Å². The Morgan fingerprint density at radius 3 is 2.00 bits per heavy atom. The number of unbranched alkanes of at least 4 members (excludes halogenated alkanes) is 1. The molecule has 0 heterocycles. The molecule has 0 nitrogen and oxygen atoms in total. The lowest BCUT2D eigenvalue weighted by atomic mass is 10.0. The Morgan fingerprint density at radius 1 is 0.938 bits per heavy atom. The first-order valence-corrected chi connectivity index (χ1v) is 6.19. The van der Waals surface area contributed by atoms with Crippen LogP contribution in [0.2, 0.25) is 0 Å². The molecule has 0 saturated heterocycles. The molecule has 0 bridgehead atoms. The highest BCUT2D eigenvalue weighted by Gasteiger charge is 2.05. The lowest BCUT2D eigenvalue weighted by molar-refractivity contribution is 0.886. The van der Waals surface area contributed by atoms with E-state index in [1.54, 1.807) is 0 Å². The van der Waals surface area contributed by atoms with E-state index in [1.165, 1.54) is 29.6 Å². The Bertz CT molecular complexity index is 353. The molecule has 1 aliphatic carbocycles. The van der Waals surface area contributed by atoms with Crippen LogP contribution in [-0.4, -0.2) is 0 Å². The predicted molar refractivity (Wildman–Crippen MR) is 73.4 cm³/mol. The number of hydrogen-bond donors (Lipinski definition) is 0. The van der Waals surface area contributed by atoms with Gasteiger partial charge < -0.3 is 0 Å². The molecule has 0 unspecified atom stereocenters. The average molecular weight is 214 g/mol. The van der Waals surface area contributed by atoms with E-state index in [0.29, 0.717) is 0 Å². The molecule has 0 atom stereocenters. The van der Waals surface area contributed by atoms with Gasteiger partial charge in [-0.1, -0.05) is 74.7 Å². The minimum absolute atomic E-state index is 1.12. The molecule has 86 valence electrons. The van der Waals surface area contributed by atoms with E-state index in [-0.39, 0.29) is 0 Å². The van der Waals surface area contributed by atoms with Crippen LogP contribution in [0.1, 0.15) is 45.6 Å². The summed E-state index contributed by atoms with van der Waals surface area (Å²) in [5.41, 5.74) is 4.24. The first-order valence-electron chi connectivity index (χ1n) is 6.19. The quantitative estimate of drug-likeness (QED) is 0.632. The molecule has 0 amide bonds. The molecule has 0 fully saturated rings. The van der Waals surface area contributed by atoms with Crippen LogP contribution in [0.4, 0.5) is 0 Å². The van der Waals surface area contributed by atoms with Crippen molar-refractivity contribution in [3.63, 3.8) is 0 Å². The van der Waals surface area contributed by atoms with Crippen LogP contribution < -0.4 is 0 Å². The smallest absolute Gasteiger partial charge is 0.00608 e. The van der Waals surface area contributed by atoms with Crippen LogP contribution in [0.15, 0.2) is 48.1 Å². The van der Waals surface area contributed by atoms with E-state index in [4.69, 9.17) is 0 Å². The Kier molecular flexibility index (Phi) is 5.63. The maximum atomic E-state index is 2.21. The maximum Gasteiger partial charge on any atom is -0.00608 e. The van der Waals surface area contributed by atoms with E-state index in [1.807, 2.05) is 0 Å². The summed E-state index contributed by atoms with van der Waals surface area (Å²) >= 11 is 0. The number of allylic oxidation sites excluding steroid dienone is 4. The summed E-state index contributed by atoms with van der Waals surface area (Å²) in [5, 5.41) is 0. The fourth-order valence-electron chi connectivity index (χ4n) is 1.51. The zero-order valence-electron chi connectivity index (χ0n) is 10.7. The van der Waals surface area contributed by atoms with Gasteiger partial charge in [-0.3, -0.25) is 0 Å². The standard InChI is InChI=1S/C12H12.C4H10/c1-10-7-8-12(9-10)11-5-3-2-4-6-11;1-3-4-2/h2-8H,9H2,1H3;3-4H2,1-2H3. The molecule has 16 heavy (non-hydrogen) atoms. The van der Waals surface area contributed by atoms with Crippen molar-refractivity contribution in [2.24, 2.45) is 0 Å². The molecular formula is C16H22. The average Bonchev–Trinajstić information content (AvgIpc) is 2.77. The number of hydrogen-bond acceptors (Lipinski definition) is 0. The van der Waals surface area contributed by atoms with E-state index in [0.717, 1.165) is 6.42 Å². The lowest BCUT2D eigenvalue weighted by Crippen LogP contribution is -1.80. The zero-order valence-corrected chi connectivity index (χ0v) is 10.7. The van der Waals surface area contributed by atoms with E-state index in [2.05, 4.69) is 63.3 Å². The largest absolute Gasteiger partial charge is 0.0689 e. The molecular weight excluding hydrogens is 192 g/mol. The predicted octanol–water partition coefficient (Wildman–Crippen LogP) is 5.23. The highest BCUT2D eigenvalue weighted by atomic mass is 14.1. The molecule has 1 aromatic rings. The van der Waals surface area contributed by atoms with Crippen molar-refractivity contribution >= 4 is 5.57 Å². The molecule has 0 aromatic heterocycles. The van der Waals surface area contributed by atoms with Gasteiger partial charge in [0.1, 0.15) is 0 Å². The van der Waals surface area contributed by atoms with Crippen molar-refractivity contribution in [2.45, 2.75) is 40.0 Å². The van der Waals surface area contributed by atoms with Gasteiger partial charge in [-0.2, -0.15) is 0 Å². The van der Waals surface area contributed by atoms with Crippen molar-refractivity contribution in [3.8, 4) is 0 Å². The third-order valence-electron chi connectivity index (χ3n) is 2.68. The minimum atomic E-state index is 1.12. The topological polar surface area (TPSA) is 0 Å². The summed E-state index contributed by atoms with van der Waals surface area (Å²) in [4.78, 5) is 0. The highest BCUT2D eigenvalue weighted by Crippen LogP contribution is 2.26. The van der Waals surface area contributed by atoms with Crippen LogP contribution >= 0.6 is 0 Å². The van der Waals surface area contributed by atoms with Crippen LogP contribution in [-0.2, 0) is 0 Å². The Labute approximate surface area is 99.7 Å². The first-order chi connectivity index (χ1) is 7.77. The molecule has 0 heteroatoms. The van der Waals surface area contributed by atoms with Gasteiger partial charge in [0.05, 0.1) is 0 Å². The van der Waals surface area contributed by atoms with Gasteiger partial charge in [-0.15, -0.1) is 0 Å². The zero-order chi connectivity index (χ0) is 11.8. The van der Waals surface area contributed by atoms with Crippen molar-refractivity contribution in [1.82, 2.24) is 0 Å². The van der Waals surface area contributed by atoms with Gasteiger partial charge in [0.25, 0.3) is 0 Å². The van der Waals surface area contributed by atoms with Crippen molar-refractivity contribution in [3.05, 3.63) is 53.6 Å². The van der Waals surface area contributed by atoms with Gasteiger partial charge >= 0.3 is 0 Å². The second-order valence-electron chi connectivity index (χ2n) is 4.25. The molecule has 2 rings (SSSR count). The second kappa shape index (κ2) is 7.05. The molecule has 0 radical (unpaired) electrons. The van der Waals surface area contributed by atoms with Crippen molar-refractivity contribution < 1.29 is 0 Å². The third kappa shape index (κ3) is 4.06. The summed E-state index contributed by atoms with van der Waals surface area (Å²) in [6.07, 6.45) is 8.16. The minimum Gasteiger partial charge on any atom is -0.0689 e. The fourth-order valence-corrected chi connectivity index (χ4v) is 1.51. The summed E-state index contributed by atoms with van der Waals surface area (Å²) in [5.74, 6) is 0. The summed E-state index contributed by atoms with van der Waals surface area (Å²) in [7, 11) is 0. The first kappa shape index (κ1) is 12.8. The lowest BCUT2D eigenvalue weighted by Gasteiger charge is -2.01. The third-order valence-corrected chi connectivity index (χ3v) is 2.68. The summed E-state index contributed by atoms with van der Waals surface area (Å²) in [6.45, 7) is 6.53. The van der Waals surface area contributed by atoms with Crippen LogP contribution in [0.5, 0.6) is 0 Å². The maximum absolute atomic E-state index is 2.21. The van der Waals surface area contributed by atoms with E-state index in [9.17, 15) is 0 Å². The molecule has 1 aromatic carbocycles. The molecule has 0 N–H and O–H groups in total. The normalized spacial score (nSPS) is 13.7. The molecule has 0 aliphatic heterocycles. The fraction of sp³-hybridized carbons (Fsp3) is 0.375. The molecule has 1 aliphatic rings. The van der Waals surface area contributed by atoms with Gasteiger partial charge in [0.15, 0.2) is 0 Å². The van der Waals surface area contributed by atoms with E-state index < -0.39 is 0 Å². The number of rotatable bonds is 2.